The van der Waals surface area contributed by atoms with Gasteiger partial charge in [-0.3, -0.25) is 0 Å². The minimum Gasteiger partial charge on any atom is 4.00 e. The van der Waals surface area contributed by atoms with Gasteiger partial charge in [0.05, 0.1) is 0 Å². The van der Waals surface area contributed by atoms with Gasteiger partial charge in [-0.05, 0) is 0 Å². The molecule has 0 aromatic rings. The van der Waals surface area contributed by atoms with Crippen molar-refractivity contribution in [3.63, 3.8) is 0 Å². The van der Waals surface area contributed by atoms with E-state index >= 15 is 0 Å². The molecule has 0 aliphatic heterocycles. The molecule has 53 valence electrons. The van der Waals surface area contributed by atoms with Crippen molar-refractivity contribution in [3.05, 3.63) is 0 Å². The van der Waals surface area contributed by atoms with E-state index < -0.39 is 13.0 Å². The summed E-state index contributed by atoms with van der Waals surface area (Å²) in [5.74, 6) is 0. The topological polar surface area (TPSA) is 0 Å². The minimum absolute atomic E-state index is 0. The van der Waals surface area contributed by atoms with Gasteiger partial charge in [0.2, 0.25) is 0 Å². The molecule has 0 radical (unpaired) electrons. The van der Waals surface area contributed by atoms with Crippen LogP contribution in [0.5, 0.6) is 0 Å². The van der Waals surface area contributed by atoms with Crippen LogP contribution in [0.1, 0.15) is 0 Å². The number of halogens is 6. The Kier molecular flexibility index (Phi) is 85.6. The maximum absolute atomic E-state index is 4.95. The van der Waals surface area contributed by atoms with Crippen molar-refractivity contribution in [3.8, 4) is 0 Å². The summed E-state index contributed by atoms with van der Waals surface area (Å²) in [6.07, 6.45) is 0. The summed E-state index contributed by atoms with van der Waals surface area (Å²) in [5, 5.41) is 0. The van der Waals surface area contributed by atoms with Crippen molar-refractivity contribution >= 4 is 29.1 Å². The molecule has 0 N–H and O–H groups in total. The first-order valence-electron chi connectivity index (χ1n) is 0.401. The third kappa shape index (κ3) is 62.5. The van der Waals surface area contributed by atoms with E-state index in [9.17, 15) is 0 Å². The molecule has 0 heterocycles. The van der Waals surface area contributed by atoms with E-state index in [0.29, 0.717) is 0 Å². The first kappa shape index (κ1) is 30.5. The summed E-state index contributed by atoms with van der Waals surface area (Å²) in [6.45, 7) is 0. The van der Waals surface area contributed by atoms with E-state index in [4.69, 9.17) is 29.1 Å². The quantitative estimate of drug-likeness (QED) is 0.376. The molecule has 0 bridgehead atoms. The second-order valence-electron chi connectivity index (χ2n) is 0.152. The van der Waals surface area contributed by atoms with E-state index in [2.05, 4.69) is 0 Å². The first-order valence-corrected chi connectivity index (χ1v) is 7.12. The predicted molar refractivity (Wildman–Crippen MR) is 17.6 cm³/mol. The van der Waals surface area contributed by atoms with E-state index in [0.717, 1.165) is 0 Å². The number of hydrogen-bond donors (Lipinski definition) is 0. The predicted octanol–water partition coefficient (Wildman–Crippen LogP) is -6.92. The zero-order valence-electron chi connectivity index (χ0n) is 3.12. The summed E-state index contributed by atoms with van der Waals surface area (Å²) < 4.78 is 0. The smallest absolute Gasteiger partial charge is 4.00 e. The maximum atomic E-state index is 4.95. The molecule has 0 aromatic carbocycles. The molecular formula is Cl6RuTi+. The van der Waals surface area contributed by atoms with Crippen molar-refractivity contribution in [2.45, 2.75) is 0 Å². The van der Waals surface area contributed by atoms with Gasteiger partial charge >= 0.3 is 63.8 Å². The van der Waals surface area contributed by atoms with Crippen molar-refractivity contribution in [1.29, 1.82) is 0 Å². The van der Waals surface area contributed by atoms with Crippen molar-refractivity contribution in [2.75, 3.05) is 0 Å². The first-order chi connectivity index (χ1) is 1.73. The summed E-state index contributed by atoms with van der Waals surface area (Å²) >= 11 is -1.75. The fourth-order valence-electron chi connectivity index (χ4n) is 0. The Morgan fingerprint density at radius 3 is 0.750 bits per heavy atom. The van der Waals surface area contributed by atoms with Crippen LogP contribution in [0.15, 0.2) is 0 Å². The second-order valence-corrected chi connectivity index (χ2v) is 8.07. The summed E-state index contributed by atoms with van der Waals surface area (Å²) in [5.41, 5.74) is 0. The van der Waals surface area contributed by atoms with E-state index in [1.165, 1.54) is 0 Å². The third-order valence-electron chi connectivity index (χ3n) is 0. The Hall–Kier alpha value is 3.08. The number of hydrogen-bond acceptors (Lipinski definition) is 0. The van der Waals surface area contributed by atoms with Gasteiger partial charge in [0.15, 0.2) is 0 Å². The molecule has 0 aliphatic carbocycles. The average molecular weight is 362 g/mol. The second kappa shape index (κ2) is 22.5. The van der Waals surface area contributed by atoms with Crippen molar-refractivity contribution < 1.29 is 71.9 Å². The van der Waals surface area contributed by atoms with E-state index in [-0.39, 0.29) is 58.9 Å². The molecule has 0 nitrogen and oxygen atoms in total. The van der Waals surface area contributed by atoms with Gasteiger partial charge in [0.25, 0.3) is 0 Å². The molecule has 0 amide bonds. The van der Waals surface area contributed by atoms with Gasteiger partial charge in [0.1, 0.15) is 0 Å². The fraction of sp³-hybridized carbons (Fsp3) is 0. The van der Waals surface area contributed by atoms with Crippen LogP contribution in [-0.4, -0.2) is 0 Å². The van der Waals surface area contributed by atoms with Gasteiger partial charge < -0.3 is 37.2 Å². The van der Waals surface area contributed by atoms with Gasteiger partial charge in [-0.25, -0.2) is 0 Å². The van der Waals surface area contributed by atoms with Gasteiger partial charge in [-0.15, -0.1) is 0 Å². The molecule has 0 aromatic heterocycles. The standard InChI is InChI=1S/6ClH.Ru.Ti/h6*1H;;/q;;;;;;+3;+4/p-6. The Labute approximate surface area is 99.5 Å². The van der Waals surface area contributed by atoms with Crippen LogP contribution in [0.25, 0.3) is 0 Å². The van der Waals surface area contributed by atoms with Crippen LogP contribution in [0.2, 0.25) is 0 Å². The SMILES string of the molecule is [Cl-].[Cl-].[Cl-].[Cl][Ru]([Cl])[Cl].[Ti+4]. The van der Waals surface area contributed by atoms with Crippen LogP contribution in [-0.2, 0) is 34.7 Å². The Morgan fingerprint density at radius 2 is 0.750 bits per heavy atom. The van der Waals surface area contributed by atoms with Crippen LogP contribution in [0.3, 0.4) is 0 Å². The van der Waals surface area contributed by atoms with Crippen LogP contribution >= 0.6 is 29.1 Å². The van der Waals surface area contributed by atoms with Gasteiger partial charge in [-0.2, -0.15) is 0 Å². The molecule has 0 rings (SSSR count). The summed E-state index contributed by atoms with van der Waals surface area (Å²) in [7, 11) is 14.8. The molecule has 0 unspecified atom stereocenters. The molecular weight excluding hydrogens is 362 g/mol. The van der Waals surface area contributed by atoms with E-state index in [1.807, 2.05) is 0 Å². The average Bonchev–Trinajstić information content (AvgIpc) is 0.811. The third-order valence-corrected chi connectivity index (χ3v) is 0. The fourth-order valence-corrected chi connectivity index (χ4v) is 0. The van der Waals surface area contributed by atoms with Gasteiger partial charge in [0, 0.05) is 0 Å². The van der Waals surface area contributed by atoms with E-state index in [1.54, 1.807) is 0 Å². The van der Waals surface area contributed by atoms with Crippen LogP contribution < -0.4 is 37.2 Å². The largest absolute Gasteiger partial charge is 4.00 e. The zero-order valence-corrected chi connectivity index (χ0v) is 11.0. The minimum atomic E-state index is -1.75. The summed E-state index contributed by atoms with van der Waals surface area (Å²) in [6, 6.07) is 0. The molecule has 8 heavy (non-hydrogen) atoms. The molecule has 8 heteroatoms. The Balaban J connectivity index is -0.00000000750. The van der Waals surface area contributed by atoms with Crippen LogP contribution in [0, 0.1) is 0 Å². The molecule has 0 saturated heterocycles. The normalized spacial score (nSPS) is 5.62. The maximum Gasteiger partial charge on any atom is 4.00 e. The Bertz CT molecular complexity index is 13.2. The van der Waals surface area contributed by atoms with Gasteiger partial charge in [-0.1, -0.05) is 0 Å². The molecule has 0 saturated carbocycles. The molecule has 0 spiro atoms. The molecule has 0 atom stereocenters. The Morgan fingerprint density at radius 1 is 0.750 bits per heavy atom. The molecule has 0 fully saturated rings. The molecule has 0 aliphatic rings. The number of rotatable bonds is 0. The monoisotopic (exact) mass is 360 g/mol. The van der Waals surface area contributed by atoms with Crippen LogP contribution in [0.4, 0.5) is 0 Å². The zero-order chi connectivity index (χ0) is 3.58. The van der Waals surface area contributed by atoms with Crippen molar-refractivity contribution in [1.82, 2.24) is 0 Å². The summed E-state index contributed by atoms with van der Waals surface area (Å²) in [4.78, 5) is 0. The van der Waals surface area contributed by atoms with Crippen molar-refractivity contribution in [2.24, 2.45) is 0 Å².